The largest absolute Gasteiger partial charge is 0.465 e. The fourth-order valence-electron chi connectivity index (χ4n) is 7.38. The number of primary amides is 1. The standard InChI is InChI=1S/C22H27N5O3/c23-11-13-2-1-4-25-19(13)26-16-3-5-27(21(29)30)18(16)17-14-6-12-7-15(17)10-22(8-12,9-14)20(24)28/h1-2,4,12,14-18H,3,5-10H2,(H2,24,28)(H,25,26)(H,29,30)/t12?,14-,15?,16?,17?,18-,22-/m0/s1. The molecule has 1 aromatic rings. The van der Waals surface area contributed by atoms with Crippen LogP contribution in [0.5, 0.6) is 0 Å². The molecule has 5 fully saturated rings. The van der Waals surface area contributed by atoms with Crippen LogP contribution in [0.3, 0.4) is 0 Å². The zero-order chi connectivity index (χ0) is 21.0. The summed E-state index contributed by atoms with van der Waals surface area (Å²) < 4.78 is 0. The van der Waals surface area contributed by atoms with Crippen molar-refractivity contribution in [3.05, 3.63) is 23.9 Å². The normalized spacial score (nSPS) is 39.0. The fourth-order valence-corrected chi connectivity index (χ4v) is 7.38. The van der Waals surface area contributed by atoms with Gasteiger partial charge in [0, 0.05) is 18.2 Å². The van der Waals surface area contributed by atoms with Gasteiger partial charge >= 0.3 is 6.09 Å². The number of nitrogens with zero attached hydrogens (tertiary/aromatic N) is 3. The molecule has 2 amide bonds. The van der Waals surface area contributed by atoms with Gasteiger partial charge in [0.05, 0.1) is 17.6 Å². The summed E-state index contributed by atoms with van der Waals surface area (Å²) >= 11 is 0. The Morgan fingerprint density at radius 1 is 1.30 bits per heavy atom. The zero-order valence-electron chi connectivity index (χ0n) is 16.8. The van der Waals surface area contributed by atoms with Crippen molar-refractivity contribution in [3.8, 4) is 6.07 Å². The van der Waals surface area contributed by atoms with Gasteiger partial charge in [0.1, 0.15) is 11.9 Å². The SMILES string of the molecule is N#Cc1cccnc1NC1CCN(C(=O)O)[C@@H]1C1C2CC3C[C@H]1C[C@@](C(N)=O)(C3)C2. The van der Waals surface area contributed by atoms with Gasteiger partial charge in [0.25, 0.3) is 0 Å². The molecule has 1 aromatic heterocycles. The molecule has 0 aromatic carbocycles. The molecular weight excluding hydrogens is 382 g/mol. The van der Waals surface area contributed by atoms with E-state index in [4.69, 9.17) is 5.73 Å². The van der Waals surface area contributed by atoms with Gasteiger partial charge in [-0.15, -0.1) is 0 Å². The van der Waals surface area contributed by atoms with E-state index >= 15 is 0 Å². The van der Waals surface area contributed by atoms with Crippen LogP contribution in [0.2, 0.25) is 0 Å². The van der Waals surface area contributed by atoms with Crippen molar-refractivity contribution >= 4 is 17.8 Å². The smallest absolute Gasteiger partial charge is 0.407 e. The number of likely N-dealkylation sites (tertiary alicyclic amines) is 1. The first kappa shape index (κ1) is 19.2. The van der Waals surface area contributed by atoms with Crippen molar-refractivity contribution in [3.63, 3.8) is 0 Å². The Morgan fingerprint density at radius 2 is 2.03 bits per heavy atom. The van der Waals surface area contributed by atoms with Crippen LogP contribution in [0.15, 0.2) is 18.3 Å². The molecule has 4 bridgehead atoms. The van der Waals surface area contributed by atoms with Gasteiger partial charge in [-0.2, -0.15) is 5.26 Å². The zero-order valence-corrected chi connectivity index (χ0v) is 16.8. The molecule has 4 aliphatic carbocycles. The molecule has 8 heteroatoms. The molecule has 158 valence electrons. The quantitative estimate of drug-likeness (QED) is 0.699. The summed E-state index contributed by atoms with van der Waals surface area (Å²) in [6, 6.07) is 5.31. The number of rotatable bonds is 4. The maximum Gasteiger partial charge on any atom is 0.407 e. The average Bonchev–Trinajstić information content (AvgIpc) is 3.11. The number of carbonyl (C=O) groups is 2. The Balaban J connectivity index is 1.46. The molecule has 4 unspecified atom stereocenters. The van der Waals surface area contributed by atoms with Gasteiger partial charge in [-0.3, -0.25) is 4.79 Å². The van der Waals surface area contributed by atoms with Crippen molar-refractivity contribution in [2.45, 2.75) is 50.6 Å². The summed E-state index contributed by atoms with van der Waals surface area (Å²) in [5.41, 5.74) is 5.90. The Labute approximate surface area is 175 Å². The summed E-state index contributed by atoms with van der Waals surface area (Å²) in [5, 5.41) is 22.7. The number of carbonyl (C=O) groups excluding carboxylic acids is 1. The highest BCUT2D eigenvalue weighted by molar-refractivity contribution is 5.81. The van der Waals surface area contributed by atoms with Gasteiger partial charge in [-0.05, 0) is 74.3 Å². The van der Waals surface area contributed by atoms with Crippen molar-refractivity contribution in [1.82, 2.24) is 9.88 Å². The van der Waals surface area contributed by atoms with Crippen LogP contribution in [-0.2, 0) is 4.79 Å². The first-order chi connectivity index (χ1) is 14.4. The van der Waals surface area contributed by atoms with E-state index < -0.39 is 11.5 Å². The first-order valence-electron chi connectivity index (χ1n) is 10.8. The molecule has 1 saturated heterocycles. The van der Waals surface area contributed by atoms with Gasteiger partial charge < -0.3 is 21.1 Å². The molecule has 4 saturated carbocycles. The molecule has 5 aliphatic rings. The predicted octanol–water partition coefficient (Wildman–Crippen LogP) is 2.41. The van der Waals surface area contributed by atoms with E-state index in [1.54, 1.807) is 23.2 Å². The van der Waals surface area contributed by atoms with Crippen LogP contribution in [0.4, 0.5) is 10.6 Å². The Kier molecular flexibility index (Phi) is 4.38. The van der Waals surface area contributed by atoms with E-state index in [-0.39, 0.29) is 23.9 Å². The van der Waals surface area contributed by atoms with Gasteiger partial charge in [-0.25, -0.2) is 9.78 Å². The van der Waals surface area contributed by atoms with Gasteiger partial charge in [-0.1, -0.05) is 0 Å². The third-order valence-electron chi connectivity index (χ3n) is 8.21. The Bertz CT molecular complexity index is 912. The highest BCUT2D eigenvalue weighted by Crippen LogP contribution is 2.63. The number of nitrogens with two attached hydrogens (primary N) is 1. The molecule has 0 radical (unpaired) electrons. The number of nitriles is 1. The summed E-state index contributed by atoms with van der Waals surface area (Å²) in [7, 11) is 0. The lowest BCUT2D eigenvalue weighted by Crippen LogP contribution is -2.61. The lowest BCUT2D eigenvalue weighted by atomic mass is 9.44. The molecule has 0 spiro atoms. The fraction of sp³-hybridized carbons (Fsp3) is 0.636. The topological polar surface area (TPSA) is 132 Å². The van der Waals surface area contributed by atoms with Crippen LogP contribution in [0.25, 0.3) is 0 Å². The molecular formula is C22H27N5O3. The molecule has 7 atom stereocenters. The van der Waals surface area contributed by atoms with Crippen molar-refractivity contribution < 1.29 is 14.7 Å². The minimum absolute atomic E-state index is 0.102. The third kappa shape index (κ3) is 2.83. The van der Waals surface area contributed by atoms with Crippen molar-refractivity contribution in [1.29, 1.82) is 5.26 Å². The van der Waals surface area contributed by atoms with E-state index in [1.807, 2.05) is 0 Å². The maximum absolute atomic E-state index is 12.3. The number of amides is 2. The Morgan fingerprint density at radius 3 is 2.67 bits per heavy atom. The summed E-state index contributed by atoms with van der Waals surface area (Å²) in [4.78, 5) is 30.3. The van der Waals surface area contributed by atoms with Crippen LogP contribution in [0.1, 0.15) is 44.1 Å². The van der Waals surface area contributed by atoms with Crippen LogP contribution in [-0.4, -0.2) is 45.6 Å². The predicted molar refractivity (Wildman–Crippen MR) is 108 cm³/mol. The summed E-state index contributed by atoms with van der Waals surface area (Å²) in [5.74, 6) is 1.70. The lowest BCUT2D eigenvalue weighted by molar-refractivity contribution is -0.154. The van der Waals surface area contributed by atoms with E-state index in [9.17, 15) is 20.0 Å². The number of hydrogen-bond acceptors (Lipinski definition) is 5. The van der Waals surface area contributed by atoms with Gasteiger partial charge in [0.15, 0.2) is 0 Å². The number of nitrogens with one attached hydrogen (secondary N) is 1. The van der Waals surface area contributed by atoms with Crippen LogP contribution >= 0.6 is 0 Å². The average molecular weight is 409 g/mol. The van der Waals surface area contributed by atoms with E-state index in [2.05, 4.69) is 16.4 Å². The number of anilines is 1. The monoisotopic (exact) mass is 409 g/mol. The first-order valence-corrected chi connectivity index (χ1v) is 10.8. The molecule has 6 rings (SSSR count). The van der Waals surface area contributed by atoms with Crippen LogP contribution in [0, 0.1) is 40.4 Å². The number of carboxylic acid groups (broad SMARTS) is 1. The second kappa shape index (κ2) is 6.86. The maximum atomic E-state index is 12.3. The molecule has 1 aliphatic heterocycles. The minimum Gasteiger partial charge on any atom is -0.465 e. The van der Waals surface area contributed by atoms with Gasteiger partial charge in [0.2, 0.25) is 5.91 Å². The lowest BCUT2D eigenvalue weighted by Gasteiger charge is -2.61. The number of pyridine rings is 1. The van der Waals surface area contributed by atoms with Crippen molar-refractivity contribution in [2.24, 2.45) is 34.8 Å². The molecule has 4 N–H and O–H groups in total. The second-order valence-electron chi connectivity index (χ2n) is 9.71. The molecule has 30 heavy (non-hydrogen) atoms. The summed E-state index contributed by atoms with van der Waals surface area (Å²) in [6.45, 7) is 0.465. The van der Waals surface area contributed by atoms with Crippen LogP contribution < -0.4 is 11.1 Å². The Hall–Kier alpha value is -2.82. The highest BCUT2D eigenvalue weighted by Gasteiger charge is 2.61. The number of aromatic nitrogens is 1. The van der Waals surface area contributed by atoms with E-state index in [0.717, 1.165) is 32.1 Å². The minimum atomic E-state index is -0.899. The number of hydrogen-bond donors (Lipinski definition) is 3. The molecule has 8 nitrogen and oxygen atoms in total. The summed E-state index contributed by atoms with van der Waals surface area (Å²) in [6.07, 6.45) is 5.99. The van der Waals surface area contributed by atoms with E-state index in [1.165, 1.54) is 0 Å². The second-order valence-corrected chi connectivity index (χ2v) is 9.71. The van der Waals surface area contributed by atoms with Crippen molar-refractivity contribution in [2.75, 3.05) is 11.9 Å². The van der Waals surface area contributed by atoms with E-state index in [0.29, 0.717) is 42.1 Å². The third-order valence-corrected chi connectivity index (χ3v) is 8.21. The highest BCUT2D eigenvalue weighted by atomic mass is 16.4. The molecule has 2 heterocycles.